The second kappa shape index (κ2) is 7.94. The molecule has 3 nitrogen and oxygen atoms in total. The maximum Gasteiger partial charge on any atom is 0.417 e. The Morgan fingerprint density at radius 3 is 2.38 bits per heavy atom. The van der Waals surface area contributed by atoms with E-state index in [4.69, 9.17) is 44.9 Å². The van der Waals surface area contributed by atoms with Gasteiger partial charge in [0, 0.05) is 11.8 Å². The van der Waals surface area contributed by atoms with Gasteiger partial charge < -0.3 is 9.47 Å². The number of hydrogen-bond acceptors (Lipinski definition) is 4. The molecule has 1 unspecified atom stereocenters. The summed E-state index contributed by atoms with van der Waals surface area (Å²) in [6.45, 7) is 1.59. The zero-order valence-electron chi connectivity index (χ0n) is 13.3. The number of hydrogen-bond donors (Lipinski definition) is 0. The molecule has 0 aliphatic heterocycles. The number of rotatable bonds is 4. The van der Waals surface area contributed by atoms with Gasteiger partial charge in [0.1, 0.15) is 11.6 Å². The molecule has 0 spiro atoms. The maximum absolute atomic E-state index is 14.3. The number of aromatic nitrogens is 1. The minimum atomic E-state index is -4.62. The number of nitrogens with zero attached hydrogens (tertiary/aromatic N) is 1. The first-order valence-electron chi connectivity index (χ1n) is 7.01. The van der Waals surface area contributed by atoms with E-state index in [0.717, 1.165) is 6.07 Å². The molecule has 1 aromatic carbocycles. The molecule has 0 fully saturated rings. The molecule has 0 amide bonds. The van der Waals surface area contributed by atoms with Gasteiger partial charge in [-0.3, -0.25) is 4.98 Å². The number of ether oxygens (including phenoxy) is 2. The van der Waals surface area contributed by atoms with Crippen molar-refractivity contribution in [2.24, 2.45) is 0 Å². The van der Waals surface area contributed by atoms with Crippen molar-refractivity contribution in [3.8, 4) is 17.0 Å². The fraction of sp³-hybridized carbons (Fsp3) is 0.250. The van der Waals surface area contributed by atoms with Crippen molar-refractivity contribution >= 4 is 40.5 Å². The van der Waals surface area contributed by atoms with Crippen molar-refractivity contribution in [2.45, 2.75) is 19.2 Å². The minimum Gasteiger partial charge on any atom is -0.487 e. The summed E-state index contributed by atoms with van der Waals surface area (Å²) in [4.78, 5) is 3.64. The van der Waals surface area contributed by atoms with Crippen LogP contribution in [0.1, 0.15) is 12.5 Å². The number of benzene rings is 1. The molecule has 2 rings (SSSR count). The number of alkyl halides is 3. The molecule has 10 heteroatoms. The summed E-state index contributed by atoms with van der Waals surface area (Å²) in [5.74, 6) is -0.772. The van der Waals surface area contributed by atoms with E-state index in [9.17, 15) is 17.6 Å². The average Bonchev–Trinajstić information content (AvgIpc) is 2.55. The third kappa shape index (κ3) is 4.55. The third-order valence-electron chi connectivity index (χ3n) is 3.28. The molecule has 1 aromatic heterocycles. The molecular formula is C16H11Cl2F4NO2S. The summed E-state index contributed by atoms with van der Waals surface area (Å²) in [5, 5.41) is -0.287. The van der Waals surface area contributed by atoms with Gasteiger partial charge in [0.2, 0.25) is 0 Å². The van der Waals surface area contributed by atoms with E-state index in [0.29, 0.717) is 12.3 Å². The van der Waals surface area contributed by atoms with Crippen molar-refractivity contribution in [3.05, 3.63) is 45.8 Å². The molecular weight excluding hydrogens is 417 g/mol. The highest BCUT2D eigenvalue weighted by Crippen LogP contribution is 2.38. The summed E-state index contributed by atoms with van der Waals surface area (Å²) in [7, 11) is 1.37. The Kier molecular flexibility index (Phi) is 6.31. The topological polar surface area (TPSA) is 31.4 Å². The molecule has 0 saturated carbocycles. The summed E-state index contributed by atoms with van der Waals surface area (Å²) in [5.41, 5.74) is -1.39. The molecule has 0 bridgehead atoms. The van der Waals surface area contributed by atoms with E-state index in [1.807, 2.05) is 0 Å². The summed E-state index contributed by atoms with van der Waals surface area (Å²) in [6, 6.07) is 2.81. The van der Waals surface area contributed by atoms with Gasteiger partial charge in [-0.15, -0.1) is 0 Å². The average molecular weight is 428 g/mol. The third-order valence-corrected chi connectivity index (χ3v) is 4.36. The van der Waals surface area contributed by atoms with Gasteiger partial charge in [-0.2, -0.15) is 13.2 Å². The normalized spacial score (nSPS) is 12.6. The fourth-order valence-corrected chi connectivity index (χ4v) is 2.51. The van der Waals surface area contributed by atoms with Crippen LogP contribution in [-0.4, -0.2) is 23.2 Å². The number of thiocarbonyl (C=S) groups is 1. The van der Waals surface area contributed by atoms with Crippen LogP contribution in [0.2, 0.25) is 10.0 Å². The van der Waals surface area contributed by atoms with Crippen LogP contribution in [0.5, 0.6) is 5.75 Å². The summed E-state index contributed by atoms with van der Waals surface area (Å²) >= 11 is 16.8. The van der Waals surface area contributed by atoms with E-state index in [1.165, 1.54) is 13.2 Å². The van der Waals surface area contributed by atoms with Gasteiger partial charge in [-0.25, -0.2) is 4.39 Å². The molecule has 140 valence electrons. The molecule has 0 aliphatic carbocycles. The molecule has 0 N–H and O–H groups in total. The van der Waals surface area contributed by atoms with E-state index in [2.05, 4.69) is 4.98 Å². The second-order valence-corrected chi connectivity index (χ2v) is 6.31. The Morgan fingerprint density at radius 1 is 1.19 bits per heavy atom. The Balaban J connectivity index is 2.47. The number of methoxy groups -OCH3 is 1. The van der Waals surface area contributed by atoms with Crippen LogP contribution in [0.25, 0.3) is 11.3 Å². The first-order chi connectivity index (χ1) is 12.0. The van der Waals surface area contributed by atoms with Gasteiger partial charge in [-0.05, 0) is 37.3 Å². The zero-order valence-corrected chi connectivity index (χ0v) is 15.7. The van der Waals surface area contributed by atoms with Crippen LogP contribution in [0.15, 0.2) is 24.4 Å². The highest BCUT2D eigenvalue weighted by atomic mass is 35.5. The van der Waals surface area contributed by atoms with Crippen LogP contribution in [0, 0.1) is 5.82 Å². The number of halogens is 6. The minimum absolute atomic E-state index is 0.0488. The maximum atomic E-state index is 14.3. The van der Waals surface area contributed by atoms with Gasteiger partial charge in [-0.1, -0.05) is 23.2 Å². The van der Waals surface area contributed by atoms with Crippen molar-refractivity contribution in [1.29, 1.82) is 0 Å². The molecule has 26 heavy (non-hydrogen) atoms. The number of pyridine rings is 1. The predicted molar refractivity (Wildman–Crippen MR) is 94.4 cm³/mol. The van der Waals surface area contributed by atoms with Crippen molar-refractivity contribution in [1.82, 2.24) is 4.98 Å². The van der Waals surface area contributed by atoms with Crippen molar-refractivity contribution in [2.75, 3.05) is 7.11 Å². The molecule has 1 heterocycles. The first-order valence-corrected chi connectivity index (χ1v) is 8.17. The summed E-state index contributed by atoms with van der Waals surface area (Å²) < 4.78 is 62.8. The zero-order chi connectivity index (χ0) is 19.6. The lowest BCUT2D eigenvalue weighted by molar-refractivity contribution is -0.137. The second-order valence-electron chi connectivity index (χ2n) is 5.10. The molecule has 1 atom stereocenters. The molecule has 0 aliphatic rings. The van der Waals surface area contributed by atoms with Gasteiger partial charge >= 0.3 is 6.18 Å². The van der Waals surface area contributed by atoms with Crippen molar-refractivity contribution < 1.29 is 27.0 Å². The van der Waals surface area contributed by atoms with E-state index in [-0.39, 0.29) is 32.1 Å². The van der Waals surface area contributed by atoms with Crippen molar-refractivity contribution in [3.63, 3.8) is 0 Å². The Hall–Kier alpha value is -1.64. The first kappa shape index (κ1) is 20.7. The Labute approximate surface area is 161 Å². The van der Waals surface area contributed by atoms with E-state index >= 15 is 0 Å². The highest BCUT2D eigenvalue weighted by molar-refractivity contribution is 7.80. The molecule has 0 saturated heterocycles. The highest BCUT2D eigenvalue weighted by Gasteiger charge is 2.32. The van der Waals surface area contributed by atoms with Crippen LogP contribution < -0.4 is 4.74 Å². The van der Waals surface area contributed by atoms with E-state index in [1.54, 1.807) is 6.92 Å². The van der Waals surface area contributed by atoms with Gasteiger partial charge in [0.25, 0.3) is 0 Å². The lowest BCUT2D eigenvalue weighted by Gasteiger charge is -2.17. The monoisotopic (exact) mass is 427 g/mol. The Bertz CT molecular complexity index is 846. The molecule has 2 aromatic rings. The lowest BCUT2D eigenvalue weighted by atomic mass is 10.1. The molecule has 0 radical (unpaired) electrons. The SMILES string of the molecule is COC(=S)C(C)Oc1cc(-c2ncc(C(F)(F)F)cc2Cl)c(F)cc1Cl. The largest absolute Gasteiger partial charge is 0.487 e. The summed E-state index contributed by atoms with van der Waals surface area (Å²) in [6.07, 6.45) is -4.73. The van der Waals surface area contributed by atoms with Crippen LogP contribution in [-0.2, 0) is 10.9 Å². The lowest BCUT2D eigenvalue weighted by Crippen LogP contribution is -2.23. The van der Waals surface area contributed by atoms with E-state index < -0.39 is 23.7 Å². The van der Waals surface area contributed by atoms with Gasteiger partial charge in [0.15, 0.2) is 11.2 Å². The van der Waals surface area contributed by atoms with Crippen LogP contribution in [0.3, 0.4) is 0 Å². The van der Waals surface area contributed by atoms with Gasteiger partial charge in [0.05, 0.1) is 28.4 Å². The standard InChI is InChI=1S/C16H11Cl2F4NO2S/c1-7(15(26)24-2)25-13-4-9(12(19)5-10(13)17)14-11(18)3-8(6-23-14)16(20,21)22/h3-7H,1-2H3. The quantitative estimate of drug-likeness (QED) is 0.445. The Morgan fingerprint density at radius 2 is 1.85 bits per heavy atom. The smallest absolute Gasteiger partial charge is 0.417 e. The predicted octanol–water partition coefficient (Wildman–Crippen LogP) is 5.95. The van der Waals surface area contributed by atoms with Crippen LogP contribution >= 0.6 is 35.4 Å². The van der Waals surface area contributed by atoms with Crippen LogP contribution in [0.4, 0.5) is 17.6 Å². The fourth-order valence-electron chi connectivity index (χ4n) is 2.00.